The van der Waals surface area contributed by atoms with E-state index < -0.39 is 0 Å². The number of amides is 2. The first-order chi connectivity index (χ1) is 11.2. The molecule has 2 amide bonds. The molecule has 23 heavy (non-hydrogen) atoms. The smallest absolute Gasteiger partial charge is 0.324 e. The van der Waals surface area contributed by atoms with Gasteiger partial charge in [-0.15, -0.1) is 0 Å². The minimum atomic E-state index is 0.0164. The summed E-state index contributed by atoms with van der Waals surface area (Å²) in [6, 6.07) is 15.9. The van der Waals surface area contributed by atoms with Gasteiger partial charge in [-0.3, -0.25) is 4.90 Å². The molecule has 0 fully saturated rings. The molecule has 0 spiro atoms. The van der Waals surface area contributed by atoms with E-state index in [0.29, 0.717) is 26.2 Å². The number of nitrogens with zero attached hydrogens (tertiary/aromatic N) is 2. The lowest BCUT2D eigenvalue weighted by atomic mass is 10.1. The van der Waals surface area contributed by atoms with Gasteiger partial charge in [0.15, 0.2) is 0 Å². The topological polar surface area (TPSA) is 32.8 Å². The number of benzene rings is 2. The number of anilines is 1. The van der Waals surface area contributed by atoms with Crippen LogP contribution in [0.5, 0.6) is 5.75 Å². The van der Waals surface area contributed by atoms with Crippen LogP contribution in [-0.4, -0.2) is 24.0 Å². The average molecular weight is 310 g/mol. The van der Waals surface area contributed by atoms with Crippen LogP contribution in [0.1, 0.15) is 25.0 Å². The number of para-hydroxylation sites is 2. The zero-order valence-corrected chi connectivity index (χ0v) is 13.7. The number of fused-ring (bicyclic) bond motifs is 2. The van der Waals surface area contributed by atoms with Crippen LogP contribution >= 0.6 is 0 Å². The summed E-state index contributed by atoms with van der Waals surface area (Å²) >= 11 is 0. The number of urea groups is 1. The predicted molar refractivity (Wildman–Crippen MR) is 91.7 cm³/mol. The molecule has 0 bridgehead atoms. The lowest BCUT2D eigenvalue weighted by Gasteiger charge is -2.32. The first-order valence-electron chi connectivity index (χ1n) is 8.09. The first kappa shape index (κ1) is 15.4. The molecule has 0 N–H and O–H groups in total. The van der Waals surface area contributed by atoms with E-state index in [-0.39, 0.29) is 6.03 Å². The van der Waals surface area contributed by atoms with E-state index in [2.05, 4.69) is 12.1 Å². The fraction of sp³-hybridized carbons (Fsp3) is 0.316. The third kappa shape index (κ3) is 3.02. The molecule has 0 aliphatic carbocycles. The Labute approximate surface area is 137 Å². The van der Waals surface area contributed by atoms with Gasteiger partial charge in [-0.05, 0) is 37.1 Å². The van der Waals surface area contributed by atoms with Gasteiger partial charge >= 0.3 is 6.03 Å². The summed E-state index contributed by atoms with van der Waals surface area (Å²) in [6.45, 7) is 6.48. The van der Waals surface area contributed by atoms with Crippen LogP contribution in [0.25, 0.3) is 0 Å². The highest BCUT2D eigenvalue weighted by molar-refractivity contribution is 5.93. The van der Waals surface area contributed by atoms with E-state index in [0.717, 1.165) is 22.6 Å². The molecule has 0 saturated carbocycles. The number of carbonyl (C=O) groups excluding carboxylic acids is 1. The van der Waals surface area contributed by atoms with Crippen molar-refractivity contribution >= 4 is 11.7 Å². The van der Waals surface area contributed by atoms with Crippen molar-refractivity contribution in [1.29, 1.82) is 0 Å². The monoisotopic (exact) mass is 310 g/mol. The van der Waals surface area contributed by atoms with Gasteiger partial charge in [-0.1, -0.05) is 36.4 Å². The van der Waals surface area contributed by atoms with Crippen LogP contribution in [0.4, 0.5) is 10.5 Å². The Bertz CT molecular complexity index is 695. The third-order valence-electron chi connectivity index (χ3n) is 4.25. The number of carbonyl (C=O) groups is 1. The molecular formula is C19H22N2O2. The summed E-state index contributed by atoms with van der Waals surface area (Å²) in [5.74, 6) is 0.752. The molecule has 1 aliphatic rings. The zero-order chi connectivity index (χ0) is 16.2. The van der Waals surface area contributed by atoms with E-state index in [9.17, 15) is 4.79 Å². The van der Waals surface area contributed by atoms with Crippen LogP contribution in [0, 0.1) is 0 Å². The summed E-state index contributed by atoms with van der Waals surface area (Å²) < 4.78 is 5.97. The van der Waals surface area contributed by atoms with E-state index in [1.54, 1.807) is 0 Å². The highest BCUT2D eigenvalue weighted by Gasteiger charge is 2.25. The summed E-state index contributed by atoms with van der Waals surface area (Å²) in [5, 5.41) is 0. The second-order valence-corrected chi connectivity index (χ2v) is 5.57. The molecule has 2 aromatic carbocycles. The number of rotatable bonds is 2. The summed E-state index contributed by atoms with van der Waals surface area (Å²) in [6.07, 6.45) is 0. The minimum absolute atomic E-state index is 0.0164. The van der Waals surface area contributed by atoms with E-state index in [4.69, 9.17) is 4.74 Å². The van der Waals surface area contributed by atoms with Gasteiger partial charge in [-0.25, -0.2) is 4.79 Å². The SMILES string of the molecule is CCN(CC)C(=O)N1Cc2ccccc2COc2ccccc21. The lowest BCUT2D eigenvalue weighted by molar-refractivity contribution is 0.208. The third-order valence-corrected chi connectivity index (χ3v) is 4.25. The van der Waals surface area contributed by atoms with Gasteiger partial charge < -0.3 is 9.64 Å². The normalized spacial score (nSPS) is 13.2. The standard InChI is InChI=1S/C19H22N2O2/c1-3-20(4-2)19(22)21-13-15-9-5-6-10-16(15)14-23-18-12-8-7-11-17(18)21/h5-12H,3-4,13-14H2,1-2H3. The molecule has 0 aromatic heterocycles. The maximum Gasteiger partial charge on any atom is 0.324 e. The van der Waals surface area contributed by atoms with Gasteiger partial charge in [-0.2, -0.15) is 0 Å². The van der Waals surface area contributed by atoms with E-state index >= 15 is 0 Å². The van der Waals surface area contributed by atoms with Gasteiger partial charge in [0.25, 0.3) is 0 Å². The quantitative estimate of drug-likeness (QED) is 0.838. The maximum absolute atomic E-state index is 13.0. The van der Waals surface area contributed by atoms with E-state index in [1.165, 1.54) is 0 Å². The average Bonchev–Trinajstić information content (AvgIpc) is 2.58. The fourth-order valence-corrected chi connectivity index (χ4v) is 2.90. The molecule has 2 aromatic rings. The Morgan fingerprint density at radius 3 is 2.43 bits per heavy atom. The van der Waals surface area contributed by atoms with E-state index in [1.807, 2.05) is 60.0 Å². The lowest BCUT2D eigenvalue weighted by Crippen LogP contribution is -2.43. The highest BCUT2D eigenvalue weighted by Crippen LogP contribution is 2.33. The molecule has 4 nitrogen and oxygen atoms in total. The van der Waals surface area contributed by atoms with Crippen molar-refractivity contribution in [2.24, 2.45) is 0 Å². The second kappa shape index (κ2) is 6.73. The molecule has 4 heteroatoms. The molecule has 0 atom stereocenters. The molecule has 1 aliphatic heterocycles. The van der Waals surface area contributed by atoms with Crippen LogP contribution < -0.4 is 9.64 Å². The second-order valence-electron chi connectivity index (χ2n) is 5.57. The minimum Gasteiger partial charge on any atom is -0.487 e. The van der Waals surface area contributed by atoms with Crippen LogP contribution in [0.3, 0.4) is 0 Å². The molecular weight excluding hydrogens is 288 g/mol. The fourth-order valence-electron chi connectivity index (χ4n) is 2.90. The number of ether oxygens (including phenoxy) is 1. The van der Waals surface area contributed by atoms with Crippen molar-refractivity contribution in [3.63, 3.8) is 0 Å². The van der Waals surface area contributed by atoms with Crippen molar-refractivity contribution in [2.45, 2.75) is 27.0 Å². The van der Waals surface area contributed by atoms with Crippen LogP contribution in [-0.2, 0) is 13.2 Å². The van der Waals surface area contributed by atoms with Gasteiger partial charge in [0, 0.05) is 13.1 Å². The van der Waals surface area contributed by atoms with Crippen LogP contribution in [0.2, 0.25) is 0 Å². The first-order valence-corrected chi connectivity index (χ1v) is 8.09. The Balaban J connectivity index is 2.05. The molecule has 3 rings (SSSR count). The van der Waals surface area contributed by atoms with Crippen molar-refractivity contribution in [3.05, 3.63) is 59.7 Å². The highest BCUT2D eigenvalue weighted by atomic mass is 16.5. The summed E-state index contributed by atoms with van der Waals surface area (Å²) in [4.78, 5) is 16.6. The predicted octanol–water partition coefficient (Wildman–Crippen LogP) is 4.05. The molecule has 0 radical (unpaired) electrons. The van der Waals surface area contributed by atoms with Gasteiger partial charge in [0.2, 0.25) is 0 Å². The maximum atomic E-state index is 13.0. The van der Waals surface area contributed by atoms with Crippen molar-refractivity contribution in [1.82, 2.24) is 4.90 Å². The number of hydrogen-bond acceptors (Lipinski definition) is 2. The number of hydrogen-bond donors (Lipinski definition) is 0. The molecule has 1 heterocycles. The van der Waals surface area contributed by atoms with Gasteiger partial charge in [0.05, 0.1) is 12.2 Å². The van der Waals surface area contributed by atoms with Crippen LogP contribution in [0.15, 0.2) is 48.5 Å². The zero-order valence-electron chi connectivity index (χ0n) is 13.7. The molecule has 120 valence electrons. The Hall–Kier alpha value is -2.49. The van der Waals surface area contributed by atoms with Crippen molar-refractivity contribution in [2.75, 3.05) is 18.0 Å². The van der Waals surface area contributed by atoms with Crippen molar-refractivity contribution < 1.29 is 9.53 Å². The molecule has 0 unspecified atom stereocenters. The summed E-state index contributed by atoms with van der Waals surface area (Å²) in [7, 11) is 0. The van der Waals surface area contributed by atoms with Gasteiger partial charge in [0.1, 0.15) is 12.4 Å². The summed E-state index contributed by atoms with van der Waals surface area (Å²) in [5.41, 5.74) is 3.08. The largest absolute Gasteiger partial charge is 0.487 e. The van der Waals surface area contributed by atoms with Crippen molar-refractivity contribution in [3.8, 4) is 5.75 Å². The Kier molecular flexibility index (Phi) is 4.51. The Morgan fingerprint density at radius 2 is 1.70 bits per heavy atom. The molecule has 0 saturated heterocycles. The Morgan fingerprint density at radius 1 is 1.04 bits per heavy atom.